The van der Waals surface area contributed by atoms with Crippen LogP contribution in [0.25, 0.3) is 0 Å². The van der Waals surface area contributed by atoms with Crippen molar-refractivity contribution in [1.29, 1.82) is 0 Å². The molecule has 0 unspecified atom stereocenters. The molecular weight excluding hydrogens is 310 g/mol. The van der Waals surface area contributed by atoms with Crippen LogP contribution in [0.3, 0.4) is 0 Å². The number of likely N-dealkylation sites (tertiary alicyclic amines) is 1. The van der Waals surface area contributed by atoms with Gasteiger partial charge in [0.2, 0.25) is 11.8 Å². The summed E-state index contributed by atoms with van der Waals surface area (Å²) in [4.78, 5) is 26.4. The van der Waals surface area contributed by atoms with Crippen LogP contribution in [-0.2, 0) is 9.59 Å². The van der Waals surface area contributed by atoms with Gasteiger partial charge in [-0.2, -0.15) is 0 Å². The smallest absolute Gasteiger partial charge is 0.238 e. The van der Waals surface area contributed by atoms with Crippen LogP contribution in [0, 0.1) is 0 Å². The Bertz CT molecular complexity index is 422. The predicted molar refractivity (Wildman–Crippen MR) is 95.3 cm³/mol. The Hall–Kier alpha value is -0.750. The van der Waals surface area contributed by atoms with E-state index in [4.69, 9.17) is 0 Å². The van der Waals surface area contributed by atoms with E-state index in [-0.39, 0.29) is 28.8 Å². The summed E-state index contributed by atoms with van der Waals surface area (Å²) < 4.78 is 0. The highest BCUT2D eigenvalue weighted by atomic mass is 32.2. The fraction of sp³-hybridized carbons (Fsp3) is 0.882. The molecule has 2 saturated heterocycles. The van der Waals surface area contributed by atoms with Crippen LogP contribution in [0.1, 0.15) is 59.3 Å². The molecule has 132 valence electrons. The standard InChI is InChI=1S/C17H31N3O2S/c1-4-6-7-15(21)20-10-8-17(9-11-20)19-14(12-23-17)16(22)18-13(3)5-2/h13-14,19H,4-12H2,1-3H3,(H,18,22)/t13-,14+/m0/s1. The number of carbonyl (C=O) groups is 2. The highest BCUT2D eigenvalue weighted by Crippen LogP contribution is 2.39. The normalized spacial score (nSPS) is 24.7. The second-order valence-corrected chi connectivity index (χ2v) is 8.21. The number of nitrogens with one attached hydrogen (secondary N) is 2. The molecule has 2 aliphatic heterocycles. The summed E-state index contributed by atoms with van der Waals surface area (Å²) in [6.07, 6.45) is 5.53. The second kappa shape index (κ2) is 8.38. The fourth-order valence-electron chi connectivity index (χ4n) is 3.12. The Labute approximate surface area is 144 Å². The summed E-state index contributed by atoms with van der Waals surface area (Å²) in [5.74, 6) is 1.23. The highest BCUT2D eigenvalue weighted by molar-refractivity contribution is 8.01. The van der Waals surface area contributed by atoms with Crippen LogP contribution in [0.5, 0.6) is 0 Å². The number of piperidine rings is 1. The van der Waals surface area contributed by atoms with Crippen LogP contribution in [0.4, 0.5) is 0 Å². The first kappa shape index (κ1) is 18.6. The number of carbonyl (C=O) groups excluding carboxylic acids is 2. The Kier molecular flexibility index (Phi) is 6.77. The lowest BCUT2D eigenvalue weighted by Gasteiger charge is -2.39. The van der Waals surface area contributed by atoms with Crippen molar-refractivity contribution in [3.8, 4) is 0 Å². The summed E-state index contributed by atoms with van der Waals surface area (Å²) >= 11 is 1.86. The molecule has 0 bridgehead atoms. The summed E-state index contributed by atoms with van der Waals surface area (Å²) in [6, 6.07) is 0.125. The number of rotatable bonds is 6. The molecule has 6 heteroatoms. The van der Waals surface area contributed by atoms with Gasteiger partial charge in [-0.05, 0) is 32.6 Å². The SMILES string of the molecule is CCCCC(=O)N1CCC2(CC1)N[C@@H](C(=O)N[C@@H](C)CC)CS2. The number of thioether (sulfide) groups is 1. The van der Waals surface area contributed by atoms with E-state index in [1.165, 1.54) is 0 Å². The van der Waals surface area contributed by atoms with Crippen molar-refractivity contribution >= 4 is 23.6 Å². The minimum absolute atomic E-state index is 0.0149. The van der Waals surface area contributed by atoms with E-state index in [1.807, 2.05) is 23.6 Å². The van der Waals surface area contributed by atoms with Crippen molar-refractivity contribution in [2.24, 2.45) is 0 Å². The van der Waals surface area contributed by atoms with Gasteiger partial charge < -0.3 is 10.2 Å². The maximum atomic E-state index is 12.3. The van der Waals surface area contributed by atoms with Gasteiger partial charge in [0.1, 0.15) is 0 Å². The first-order valence-electron chi connectivity index (χ1n) is 8.99. The third-order valence-corrected chi connectivity index (χ3v) is 6.53. The number of unbranched alkanes of at least 4 members (excludes halogenated alkanes) is 1. The Morgan fingerprint density at radius 1 is 1.35 bits per heavy atom. The first-order valence-corrected chi connectivity index (χ1v) is 9.98. The second-order valence-electron chi connectivity index (χ2n) is 6.80. The van der Waals surface area contributed by atoms with Gasteiger partial charge in [0.25, 0.3) is 0 Å². The molecule has 0 aromatic heterocycles. The lowest BCUT2D eigenvalue weighted by atomic mass is 10.0. The lowest BCUT2D eigenvalue weighted by Crippen LogP contribution is -2.55. The average Bonchev–Trinajstić information content (AvgIpc) is 2.97. The van der Waals surface area contributed by atoms with Gasteiger partial charge in [0, 0.05) is 31.3 Å². The van der Waals surface area contributed by atoms with Crippen molar-refractivity contribution in [2.45, 2.75) is 76.3 Å². The molecular formula is C17H31N3O2S. The predicted octanol–water partition coefficient (Wildman–Crippen LogP) is 2.12. The number of hydrogen-bond donors (Lipinski definition) is 2. The largest absolute Gasteiger partial charge is 0.352 e. The molecule has 2 heterocycles. The topological polar surface area (TPSA) is 61.4 Å². The fourth-order valence-corrected chi connectivity index (χ4v) is 4.54. The Balaban J connectivity index is 1.80. The maximum Gasteiger partial charge on any atom is 0.238 e. The molecule has 0 aliphatic carbocycles. The zero-order valence-corrected chi connectivity index (χ0v) is 15.5. The maximum absolute atomic E-state index is 12.3. The first-order chi connectivity index (χ1) is 11.0. The molecule has 2 fully saturated rings. The van der Waals surface area contributed by atoms with E-state index in [0.29, 0.717) is 6.42 Å². The van der Waals surface area contributed by atoms with Gasteiger partial charge in [-0.1, -0.05) is 20.3 Å². The van der Waals surface area contributed by atoms with E-state index in [1.54, 1.807) is 0 Å². The molecule has 2 N–H and O–H groups in total. The van der Waals surface area contributed by atoms with Crippen molar-refractivity contribution < 1.29 is 9.59 Å². The van der Waals surface area contributed by atoms with E-state index in [0.717, 1.165) is 50.9 Å². The molecule has 0 saturated carbocycles. The summed E-state index contributed by atoms with van der Waals surface area (Å²) in [5.41, 5.74) is 0. The zero-order chi connectivity index (χ0) is 16.9. The Morgan fingerprint density at radius 2 is 2.04 bits per heavy atom. The number of nitrogens with zero attached hydrogens (tertiary/aromatic N) is 1. The van der Waals surface area contributed by atoms with Crippen LogP contribution in [0.2, 0.25) is 0 Å². The molecule has 2 rings (SSSR count). The average molecular weight is 342 g/mol. The lowest BCUT2D eigenvalue weighted by molar-refractivity contribution is -0.132. The molecule has 2 atom stereocenters. The third-order valence-electron chi connectivity index (χ3n) is 4.95. The van der Waals surface area contributed by atoms with Crippen molar-refractivity contribution in [3.05, 3.63) is 0 Å². The van der Waals surface area contributed by atoms with Gasteiger partial charge in [-0.3, -0.25) is 14.9 Å². The summed E-state index contributed by atoms with van der Waals surface area (Å²) in [7, 11) is 0. The molecule has 0 radical (unpaired) electrons. The number of hydrogen-bond acceptors (Lipinski definition) is 4. The van der Waals surface area contributed by atoms with Crippen LogP contribution in [0.15, 0.2) is 0 Å². The van der Waals surface area contributed by atoms with E-state index in [9.17, 15) is 9.59 Å². The van der Waals surface area contributed by atoms with E-state index in [2.05, 4.69) is 24.5 Å². The minimum atomic E-state index is -0.101. The Morgan fingerprint density at radius 3 is 2.65 bits per heavy atom. The highest BCUT2D eigenvalue weighted by Gasteiger charge is 2.44. The molecule has 23 heavy (non-hydrogen) atoms. The van der Waals surface area contributed by atoms with Gasteiger partial charge in [-0.15, -0.1) is 11.8 Å². The van der Waals surface area contributed by atoms with Crippen LogP contribution in [-0.4, -0.2) is 52.5 Å². The molecule has 2 amide bonds. The van der Waals surface area contributed by atoms with Crippen molar-refractivity contribution in [2.75, 3.05) is 18.8 Å². The van der Waals surface area contributed by atoms with Gasteiger partial charge in [0.15, 0.2) is 0 Å². The molecule has 5 nitrogen and oxygen atoms in total. The van der Waals surface area contributed by atoms with Gasteiger partial charge in [0.05, 0.1) is 10.9 Å². The van der Waals surface area contributed by atoms with Gasteiger partial charge in [-0.25, -0.2) is 0 Å². The zero-order valence-electron chi connectivity index (χ0n) is 14.7. The number of amides is 2. The van der Waals surface area contributed by atoms with E-state index >= 15 is 0 Å². The third kappa shape index (κ3) is 4.86. The summed E-state index contributed by atoms with van der Waals surface area (Å²) in [6.45, 7) is 7.84. The van der Waals surface area contributed by atoms with Gasteiger partial charge >= 0.3 is 0 Å². The summed E-state index contributed by atoms with van der Waals surface area (Å²) in [5, 5.41) is 6.62. The molecule has 1 spiro atoms. The van der Waals surface area contributed by atoms with Crippen LogP contribution >= 0.6 is 11.8 Å². The molecule has 0 aromatic carbocycles. The van der Waals surface area contributed by atoms with Crippen molar-refractivity contribution in [1.82, 2.24) is 15.5 Å². The minimum Gasteiger partial charge on any atom is -0.352 e. The quantitative estimate of drug-likeness (QED) is 0.777. The van der Waals surface area contributed by atoms with E-state index < -0.39 is 0 Å². The molecule has 0 aromatic rings. The van der Waals surface area contributed by atoms with Crippen LogP contribution < -0.4 is 10.6 Å². The van der Waals surface area contributed by atoms with Crippen molar-refractivity contribution in [3.63, 3.8) is 0 Å². The monoisotopic (exact) mass is 341 g/mol. The molecule has 2 aliphatic rings.